The van der Waals surface area contributed by atoms with Crippen LogP contribution in [-0.4, -0.2) is 7.11 Å². The van der Waals surface area contributed by atoms with Crippen LogP contribution >= 0.6 is 13.6 Å². The van der Waals surface area contributed by atoms with Gasteiger partial charge in [-0.25, -0.2) is 4.39 Å². The maximum absolute atomic E-state index is 13.4. The Morgan fingerprint density at radius 3 is 2.53 bits per heavy atom. The van der Waals surface area contributed by atoms with E-state index in [-0.39, 0.29) is 11.6 Å². The van der Waals surface area contributed by atoms with Gasteiger partial charge in [-0.2, -0.15) is 30.3 Å². The van der Waals surface area contributed by atoms with Crippen molar-refractivity contribution in [2.24, 2.45) is 0 Å². The summed E-state index contributed by atoms with van der Waals surface area (Å²) in [5.41, 5.74) is 1.77. The molecule has 2 aromatic rings. The number of hydrogen-bond acceptors (Lipinski definition) is 1. The molecule has 0 amide bonds. The molecule has 0 unspecified atom stereocenters. The number of methoxy groups -OCH3 is 1. The van der Waals surface area contributed by atoms with Gasteiger partial charge in [0.25, 0.3) is 0 Å². The number of halogens is 2. The van der Waals surface area contributed by atoms with Gasteiger partial charge in [0, 0.05) is 0 Å². The van der Waals surface area contributed by atoms with Crippen LogP contribution < -0.4 is 4.74 Å². The third kappa shape index (κ3) is 3.90. The molecule has 4 heteroatoms. The molecule has 0 saturated carbocycles. The van der Waals surface area contributed by atoms with Gasteiger partial charge in [0.15, 0.2) is 11.6 Å². The molecule has 0 saturated heterocycles. The van der Waals surface area contributed by atoms with E-state index in [1.54, 1.807) is 6.07 Å². The predicted molar refractivity (Wildman–Crippen MR) is 66.2 cm³/mol. The summed E-state index contributed by atoms with van der Waals surface area (Å²) >= 11 is 4.25. The molecule has 0 aliphatic rings. The number of ether oxygens (including phenoxy) is 1. The molecule has 2 rings (SSSR count). The van der Waals surface area contributed by atoms with Crippen molar-refractivity contribution in [3.8, 4) is 16.9 Å². The Bertz CT molecular complexity index is 462. The fourth-order valence-corrected chi connectivity index (χ4v) is 1.42. The first kappa shape index (κ1) is 14.3. The number of rotatable bonds is 2. The van der Waals surface area contributed by atoms with E-state index >= 15 is 0 Å². The van der Waals surface area contributed by atoms with Crippen LogP contribution in [0.4, 0.5) is 4.39 Å². The van der Waals surface area contributed by atoms with E-state index in [1.807, 2.05) is 30.3 Å². The number of benzene rings is 2. The molecule has 0 N–H and O–H groups in total. The van der Waals surface area contributed by atoms with Crippen LogP contribution in [-0.2, 0) is 16.3 Å². The molecular formula is C13H10BrFOZn. The quantitative estimate of drug-likeness (QED) is 0.586. The number of hydrogen-bond donors (Lipinski definition) is 0. The van der Waals surface area contributed by atoms with Crippen molar-refractivity contribution >= 4 is 13.6 Å². The molecule has 0 radical (unpaired) electrons. The maximum atomic E-state index is 13.4. The van der Waals surface area contributed by atoms with E-state index in [0.717, 1.165) is 11.1 Å². The second-order valence-electron chi connectivity index (χ2n) is 3.14. The van der Waals surface area contributed by atoms with Crippen molar-refractivity contribution in [2.45, 2.75) is 0 Å². The molecule has 0 aromatic heterocycles. The molecule has 84 valence electrons. The van der Waals surface area contributed by atoms with Gasteiger partial charge >= 0.3 is 30.0 Å². The summed E-state index contributed by atoms with van der Waals surface area (Å²) in [5, 5.41) is 0. The van der Waals surface area contributed by atoms with E-state index in [0.29, 0.717) is 0 Å². The third-order valence-corrected chi connectivity index (χ3v) is 2.19. The van der Waals surface area contributed by atoms with Crippen LogP contribution in [0.25, 0.3) is 11.1 Å². The Morgan fingerprint density at radius 1 is 1.24 bits per heavy atom. The van der Waals surface area contributed by atoms with Crippen molar-refractivity contribution < 1.29 is 25.5 Å². The van der Waals surface area contributed by atoms with Crippen molar-refractivity contribution in [2.75, 3.05) is 7.11 Å². The fraction of sp³-hybridized carbons (Fsp3) is 0.0769. The summed E-state index contributed by atoms with van der Waals surface area (Å²) in [5.74, 6) is -0.0856. The zero-order valence-corrected chi connectivity index (χ0v) is 14.0. The molecule has 1 nitrogen and oxygen atoms in total. The molecule has 0 spiro atoms. The average Bonchev–Trinajstić information content (AvgIpc) is 2.42. The molecule has 0 aliphatic heterocycles. The molecule has 0 atom stereocenters. The van der Waals surface area contributed by atoms with Crippen molar-refractivity contribution in [3.63, 3.8) is 0 Å². The van der Waals surface area contributed by atoms with Gasteiger partial charge in [0.2, 0.25) is 0 Å². The molecule has 17 heavy (non-hydrogen) atoms. The van der Waals surface area contributed by atoms with Gasteiger partial charge in [-0.15, -0.1) is 5.56 Å². The SMILES string of the molecule is COc1ccc(-c2c[c-]ccc2)cc1F.[Zn+][Br]. The summed E-state index contributed by atoms with van der Waals surface area (Å²) in [4.78, 5) is 0. The second-order valence-corrected chi connectivity index (χ2v) is 3.14. The van der Waals surface area contributed by atoms with Crippen LogP contribution in [0.3, 0.4) is 0 Å². The zero-order chi connectivity index (χ0) is 12.7. The Morgan fingerprint density at radius 2 is 2.00 bits per heavy atom. The molecule has 0 bridgehead atoms. The average molecular weight is 347 g/mol. The van der Waals surface area contributed by atoms with Gasteiger partial charge < -0.3 is 4.74 Å². The topological polar surface area (TPSA) is 9.23 Å². The van der Waals surface area contributed by atoms with Gasteiger partial charge in [-0.1, -0.05) is 11.6 Å². The standard InChI is InChI=1S/C13H10FO.BrH.Zn/c1-15-13-8-7-11(9-12(13)14)10-5-3-2-4-6-10;;/h2-3,5-9H,1H3;1H;/q-1;;+2/p-1. The summed E-state index contributed by atoms with van der Waals surface area (Å²) in [6.07, 6.45) is 0. The minimum absolute atomic E-state index is 0.263. The first-order chi connectivity index (χ1) is 8.31. The second kappa shape index (κ2) is 7.57. The van der Waals surface area contributed by atoms with Crippen LogP contribution in [0, 0.1) is 11.9 Å². The van der Waals surface area contributed by atoms with Gasteiger partial charge in [-0.05, 0) is 12.1 Å². The third-order valence-electron chi connectivity index (χ3n) is 2.19. The Kier molecular flexibility index (Phi) is 6.38. The Hall–Kier alpha value is -0.727. The predicted octanol–water partition coefficient (Wildman–Crippen LogP) is 4.14. The van der Waals surface area contributed by atoms with Gasteiger partial charge in [-0.3, -0.25) is 0 Å². The Balaban J connectivity index is 0.000000686. The van der Waals surface area contributed by atoms with Crippen molar-refractivity contribution in [1.82, 2.24) is 0 Å². The molecule has 2 aromatic carbocycles. The van der Waals surface area contributed by atoms with Gasteiger partial charge in [0.1, 0.15) is 0 Å². The molecule has 0 heterocycles. The van der Waals surface area contributed by atoms with Crippen LogP contribution in [0.15, 0.2) is 42.5 Å². The minimum atomic E-state index is -0.348. The first-order valence-electron chi connectivity index (χ1n) is 4.88. The van der Waals surface area contributed by atoms with E-state index in [4.69, 9.17) is 4.74 Å². The first-order valence-corrected chi connectivity index (χ1v) is 11.8. The summed E-state index contributed by atoms with van der Waals surface area (Å²) < 4.78 is 18.3. The summed E-state index contributed by atoms with van der Waals surface area (Å²) in [6.45, 7) is 0. The normalized spacial score (nSPS) is 9.24. The summed E-state index contributed by atoms with van der Waals surface area (Å²) in [7, 11) is 1.45. The van der Waals surface area contributed by atoms with E-state index in [1.165, 1.54) is 29.5 Å². The zero-order valence-electron chi connectivity index (χ0n) is 9.41. The van der Waals surface area contributed by atoms with E-state index < -0.39 is 0 Å². The van der Waals surface area contributed by atoms with Gasteiger partial charge in [0.05, 0.1) is 7.11 Å². The van der Waals surface area contributed by atoms with E-state index in [9.17, 15) is 4.39 Å². The molecule has 0 fully saturated rings. The van der Waals surface area contributed by atoms with Crippen LogP contribution in [0.2, 0.25) is 0 Å². The fourth-order valence-electron chi connectivity index (χ4n) is 1.42. The summed E-state index contributed by atoms with van der Waals surface area (Å²) in [6, 6.07) is 15.3. The molecular weight excluding hydrogens is 336 g/mol. The van der Waals surface area contributed by atoms with Crippen LogP contribution in [0.1, 0.15) is 0 Å². The van der Waals surface area contributed by atoms with E-state index in [2.05, 4.69) is 19.7 Å². The van der Waals surface area contributed by atoms with Crippen molar-refractivity contribution in [1.29, 1.82) is 0 Å². The molecule has 0 aliphatic carbocycles. The Labute approximate surface area is 117 Å². The van der Waals surface area contributed by atoms with Crippen molar-refractivity contribution in [3.05, 3.63) is 54.3 Å². The monoisotopic (exact) mass is 344 g/mol. The van der Waals surface area contributed by atoms with Crippen LogP contribution in [0.5, 0.6) is 5.75 Å².